The first-order valence-corrected chi connectivity index (χ1v) is 14.2. The molecule has 2 atom stereocenters. The molecular weight excluding hydrogens is 432 g/mol. The summed E-state index contributed by atoms with van der Waals surface area (Å²) in [5.74, 6) is 1.24. The largest absolute Gasteiger partial charge is 0.463 e. The number of esters is 2. The van der Waals surface area contributed by atoms with Crippen molar-refractivity contribution < 1.29 is 28.5 Å². The second-order valence-corrected chi connectivity index (χ2v) is 10.7. The molecule has 3 aliphatic rings. The highest BCUT2D eigenvalue weighted by atomic mass is 16.6. The molecule has 0 aliphatic heterocycles. The predicted octanol–water partition coefficient (Wildman–Crippen LogP) is 6.14. The van der Waals surface area contributed by atoms with Crippen molar-refractivity contribution >= 4 is 11.9 Å². The zero-order valence-corrected chi connectivity index (χ0v) is 21.3. The van der Waals surface area contributed by atoms with Crippen LogP contribution in [0.4, 0.5) is 0 Å². The lowest BCUT2D eigenvalue weighted by atomic mass is 9.86. The van der Waals surface area contributed by atoms with Gasteiger partial charge in [0.1, 0.15) is 13.2 Å². The molecule has 0 aromatic rings. The summed E-state index contributed by atoms with van der Waals surface area (Å²) in [6, 6.07) is 0. The molecule has 0 aromatic carbocycles. The normalized spacial score (nSPS) is 24.6. The predicted molar refractivity (Wildman–Crippen MR) is 131 cm³/mol. The van der Waals surface area contributed by atoms with E-state index < -0.39 is 0 Å². The Hall–Kier alpha value is -1.14. The molecule has 6 heteroatoms. The minimum atomic E-state index is -0.0904. The lowest BCUT2D eigenvalue weighted by Crippen LogP contribution is -2.30. The third kappa shape index (κ3) is 11.5. The maximum atomic E-state index is 12.0. The Labute approximate surface area is 206 Å². The van der Waals surface area contributed by atoms with E-state index in [0.29, 0.717) is 51.1 Å². The number of rotatable bonds is 14. The summed E-state index contributed by atoms with van der Waals surface area (Å²) in [4.78, 5) is 23.9. The van der Waals surface area contributed by atoms with Crippen LogP contribution in [0.2, 0.25) is 0 Å². The number of hydrogen-bond acceptors (Lipinski definition) is 6. The van der Waals surface area contributed by atoms with Gasteiger partial charge in [0.25, 0.3) is 0 Å². The Bertz CT molecular complexity index is 519. The lowest BCUT2D eigenvalue weighted by molar-refractivity contribution is -0.147. The van der Waals surface area contributed by atoms with Gasteiger partial charge in [-0.3, -0.25) is 9.59 Å². The Morgan fingerprint density at radius 3 is 1.41 bits per heavy atom. The standard InChI is InChI=1S/C28H48O6/c29-27(16-14-23-8-3-1-4-9-23)33-20-18-31-25-12-7-13-26(22-25)32-19-21-34-28(30)17-15-24-10-5-2-6-11-24/h23-26H,1-22H2. The first kappa shape index (κ1) is 27.4. The van der Waals surface area contributed by atoms with E-state index in [1.165, 1.54) is 64.2 Å². The second-order valence-electron chi connectivity index (χ2n) is 10.7. The minimum absolute atomic E-state index is 0.0904. The van der Waals surface area contributed by atoms with Crippen molar-refractivity contribution in [2.45, 2.75) is 128 Å². The Kier molecular flexibility index (Phi) is 13.3. The summed E-state index contributed by atoms with van der Waals surface area (Å²) >= 11 is 0. The highest BCUT2D eigenvalue weighted by Crippen LogP contribution is 2.28. The van der Waals surface area contributed by atoms with Gasteiger partial charge in [-0.15, -0.1) is 0 Å². The van der Waals surface area contributed by atoms with E-state index >= 15 is 0 Å². The van der Waals surface area contributed by atoms with E-state index in [-0.39, 0.29) is 24.1 Å². The highest BCUT2D eigenvalue weighted by Gasteiger charge is 2.23. The molecule has 3 saturated carbocycles. The maximum Gasteiger partial charge on any atom is 0.305 e. The zero-order valence-electron chi connectivity index (χ0n) is 21.3. The molecule has 6 nitrogen and oxygen atoms in total. The van der Waals surface area contributed by atoms with Gasteiger partial charge in [0.15, 0.2) is 0 Å². The van der Waals surface area contributed by atoms with E-state index in [9.17, 15) is 9.59 Å². The van der Waals surface area contributed by atoms with Gasteiger partial charge in [0.2, 0.25) is 0 Å². The molecule has 3 aliphatic carbocycles. The van der Waals surface area contributed by atoms with E-state index in [1.54, 1.807) is 0 Å². The fraction of sp³-hybridized carbons (Fsp3) is 0.929. The smallest absolute Gasteiger partial charge is 0.305 e. The second kappa shape index (κ2) is 16.5. The SMILES string of the molecule is O=C(CCC1CCCCC1)OCCOC1CCCC(OCCOC(=O)CCC2CCCCC2)C1. The molecule has 0 spiro atoms. The van der Waals surface area contributed by atoms with Crippen LogP contribution in [0.15, 0.2) is 0 Å². The van der Waals surface area contributed by atoms with Crippen molar-refractivity contribution in [2.75, 3.05) is 26.4 Å². The van der Waals surface area contributed by atoms with E-state index in [4.69, 9.17) is 18.9 Å². The van der Waals surface area contributed by atoms with Crippen LogP contribution < -0.4 is 0 Å². The number of hydrogen-bond donors (Lipinski definition) is 0. The molecule has 0 N–H and O–H groups in total. The van der Waals surface area contributed by atoms with Gasteiger partial charge in [0, 0.05) is 12.8 Å². The first-order valence-electron chi connectivity index (χ1n) is 14.2. The first-order chi connectivity index (χ1) is 16.7. The molecule has 34 heavy (non-hydrogen) atoms. The molecule has 3 rings (SSSR count). The average Bonchev–Trinajstić information content (AvgIpc) is 2.88. The van der Waals surface area contributed by atoms with E-state index in [2.05, 4.69) is 0 Å². The van der Waals surface area contributed by atoms with E-state index in [1.807, 2.05) is 0 Å². The fourth-order valence-electron chi connectivity index (χ4n) is 5.89. The zero-order chi connectivity index (χ0) is 23.8. The van der Waals surface area contributed by atoms with Crippen LogP contribution in [0.1, 0.15) is 116 Å². The maximum absolute atomic E-state index is 12.0. The van der Waals surface area contributed by atoms with Crippen LogP contribution in [-0.2, 0) is 28.5 Å². The van der Waals surface area contributed by atoms with Crippen molar-refractivity contribution in [2.24, 2.45) is 11.8 Å². The molecule has 0 heterocycles. The van der Waals surface area contributed by atoms with E-state index in [0.717, 1.165) is 38.5 Å². The van der Waals surface area contributed by atoms with Crippen LogP contribution in [-0.4, -0.2) is 50.6 Å². The van der Waals surface area contributed by atoms with Crippen molar-refractivity contribution in [3.8, 4) is 0 Å². The third-order valence-corrected chi connectivity index (χ3v) is 7.94. The number of carbonyl (C=O) groups excluding carboxylic acids is 2. The van der Waals surface area contributed by atoms with Crippen LogP contribution in [0.25, 0.3) is 0 Å². The van der Waals surface area contributed by atoms with Gasteiger partial charge in [-0.2, -0.15) is 0 Å². The molecule has 0 bridgehead atoms. The molecule has 0 amide bonds. The van der Waals surface area contributed by atoms with Crippen molar-refractivity contribution in [1.29, 1.82) is 0 Å². The molecule has 0 aromatic heterocycles. The van der Waals surface area contributed by atoms with Crippen molar-refractivity contribution in [3.63, 3.8) is 0 Å². The molecule has 3 fully saturated rings. The van der Waals surface area contributed by atoms with Crippen LogP contribution >= 0.6 is 0 Å². The Balaban J connectivity index is 1.15. The Morgan fingerprint density at radius 1 is 0.529 bits per heavy atom. The summed E-state index contributed by atoms with van der Waals surface area (Å²) in [7, 11) is 0. The fourth-order valence-corrected chi connectivity index (χ4v) is 5.89. The highest BCUT2D eigenvalue weighted by molar-refractivity contribution is 5.69. The summed E-state index contributed by atoms with van der Waals surface area (Å²) in [5.41, 5.74) is 0. The molecule has 2 unspecified atom stereocenters. The van der Waals surface area contributed by atoms with Crippen LogP contribution in [0, 0.1) is 11.8 Å². The molecule has 0 radical (unpaired) electrons. The molecular formula is C28H48O6. The summed E-state index contributed by atoms with van der Waals surface area (Å²) in [5, 5.41) is 0. The van der Waals surface area contributed by atoms with Gasteiger partial charge in [-0.1, -0.05) is 64.2 Å². The monoisotopic (exact) mass is 480 g/mol. The topological polar surface area (TPSA) is 71.1 Å². The van der Waals surface area contributed by atoms with Crippen molar-refractivity contribution in [1.82, 2.24) is 0 Å². The van der Waals surface area contributed by atoms with Gasteiger partial charge in [-0.25, -0.2) is 0 Å². The van der Waals surface area contributed by atoms with Gasteiger partial charge in [-0.05, 0) is 50.4 Å². The number of carbonyl (C=O) groups is 2. The van der Waals surface area contributed by atoms with Gasteiger partial charge in [0.05, 0.1) is 25.4 Å². The van der Waals surface area contributed by atoms with Crippen LogP contribution in [0.3, 0.4) is 0 Å². The average molecular weight is 481 g/mol. The van der Waals surface area contributed by atoms with Gasteiger partial charge < -0.3 is 18.9 Å². The third-order valence-electron chi connectivity index (χ3n) is 7.94. The van der Waals surface area contributed by atoms with Crippen molar-refractivity contribution in [3.05, 3.63) is 0 Å². The van der Waals surface area contributed by atoms with Gasteiger partial charge >= 0.3 is 11.9 Å². The Morgan fingerprint density at radius 2 is 0.971 bits per heavy atom. The number of ether oxygens (including phenoxy) is 4. The lowest BCUT2D eigenvalue weighted by Gasteiger charge is -2.29. The summed E-state index contributed by atoms with van der Waals surface area (Å²) in [6.07, 6.45) is 20.3. The quantitative estimate of drug-likeness (QED) is 0.220. The molecule has 196 valence electrons. The summed E-state index contributed by atoms with van der Waals surface area (Å²) < 4.78 is 22.6. The van der Waals surface area contributed by atoms with Crippen LogP contribution in [0.5, 0.6) is 0 Å². The molecule has 0 saturated heterocycles. The minimum Gasteiger partial charge on any atom is -0.463 e. The summed E-state index contributed by atoms with van der Waals surface area (Å²) in [6.45, 7) is 1.57.